The largest absolute Gasteiger partial charge is 0.486 e. The Morgan fingerprint density at radius 2 is 1.92 bits per heavy atom. The van der Waals surface area contributed by atoms with Crippen molar-refractivity contribution in [3.8, 4) is 11.5 Å². The van der Waals surface area contributed by atoms with Crippen molar-refractivity contribution in [3.05, 3.63) is 53.6 Å². The lowest BCUT2D eigenvalue weighted by Gasteiger charge is -2.29. The van der Waals surface area contributed by atoms with E-state index >= 15 is 0 Å². The molecule has 1 fully saturated rings. The molecule has 2 heterocycles. The molecule has 0 bridgehead atoms. The predicted molar refractivity (Wildman–Crippen MR) is 104 cm³/mol. The summed E-state index contributed by atoms with van der Waals surface area (Å²) in [6.45, 7) is 4.29. The van der Waals surface area contributed by atoms with Crippen LogP contribution < -0.4 is 14.8 Å². The molecule has 4 rings (SSSR count). The minimum absolute atomic E-state index is 0.278. The first kappa shape index (κ1) is 16.2. The molecule has 0 saturated carbocycles. The molecule has 0 aliphatic carbocycles. The third kappa shape index (κ3) is 3.29. The molecule has 25 heavy (non-hydrogen) atoms. The van der Waals surface area contributed by atoms with Crippen LogP contribution in [0.2, 0.25) is 0 Å². The maximum absolute atomic E-state index is 5.74. The van der Waals surface area contributed by atoms with Gasteiger partial charge in [-0.05, 0) is 61.3 Å². The molecule has 1 saturated heterocycles. The van der Waals surface area contributed by atoms with Crippen LogP contribution in [0.4, 0.5) is 5.69 Å². The van der Waals surface area contributed by atoms with Crippen LogP contribution in [0.3, 0.4) is 0 Å². The molecule has 0 amide bonds. The number of benzene rings is 2. The summed E-state index contributed by atoms with van der Waals surface area (Å²) in [5.74, 6) is 1.67. The molecule has 0 spiro atoms. The lowest BCUT2D eigenvalue weighted by Crippen LogP contribution is -2.34. The number of nitrogens with one attached hydrogen (secondary N) is 1. The van der Waals surface area contributed by atoms with Crippen LogP contribution in [0.1, 0.15) is 30.0 Å². The summed E-state index contributed by atoms with van der Waals surface area (Å²) in [7, 11) is 0. The van der Waals surface area contributed by atoms with Gasteiger partial charge in [-0.1, -0.05) is 24.3 Å². The van der Waals surface area contributed by atoms with E-state index in [1.54, 1.807) is 0 Å². The van der Waals surface area contributed by atoms with E-state index in [1.807, 2.05) is 18.2 Å². The Bertz CT molecular complexity index is 793. The zero-order chi connectivity index (χ0) is 17.2. The summed E-state index contributed by atoms with van der Waals surface area (Å²) in [4.78, 5) is 2.28. The topological polar surface area (TPSA) is 33.7 Å². The maximum Gasteiger partial charge on any atom is 0.173 e. The summed E-state index contributed by atoms with van der Waals surface area (Å²) >= 11 is 5.71. The smallest absolute Gasteiger partial charge is 0.173 e. The van der Waals surface area contributed by atoms with Gasteiger partial charge in [0.15, 0.2) is 16.6 Å². The molecule has 1 atom stereocenters. The lowest BCUT2D eigenvalue weighted by atomic mass is 10.0. The van der Waals surface area contributed by atoms with Crippen LogP contribution in [0, 0.1) is 6.92 Å². The number of hydrogen-bond donors (Lipinski definition) is 1. The van der Waals surface area contributed by atoms with Crippen molar-refractivity contribution in [1.29, 1.82) is 0 Å². The van der Waals surface area contributed by atoms with Gasteiger partial charge in [0.05, 0.1) is 6.04 Å². The second-order valence-corrected chi connectivity index (χ2v) is 6.89. The fraction of sp³-hybridized carbons (Fsp3) is 0.350. The predicted octanol–water partition coefficient (Wildman–Crippen LogP) is 4.30. The Kier molecular flexibility index (Phi) is 4.49. The zero-order valence-electron chi connectivity index (χ0n) is 14.3. The number of thiocarbonyl (C=S) groups is 1. The number of anilines is 1. The fourth-order valence-corrected chi connectivity index (χ4v) is 3.85. The second-order valence-electron chi connectivity index (χ2n) is 6.50. The molecule has 2 aromatic rings. The Morgan fingerprint density at radius 1 is 1.12 bits per heavy atom. The van der Waals surface area contributed by atoms with Crippen molar-refractivity contribution in [1.82, 2.24) is 4.90 Å². The van der Waals surface area contributed by atoms with Gasteiger partial charge >= 0.3 is 0 Å². The van der Waals surface area contributed by atoms with Crippen molar-refractivity contribution in [3.63, 3.8) is 0 Å². The van der Waals surface area contributed by atoms with Gasteiger partial charge in [-0.15, -0.1) is 0 Å². The zero-order valence-corrected chi connectivity index (χ0v) is 15.1. The highest BCUT2D eigenvalue weighted by atomic mass is 32.1. The van der Waals surface area contributed by atoms with Gasteiger partial charge < -0.3 is 19.7 Å². The first-order valence-electron chi connectivity index (χ1n) is 8.75. The first-order valence-corrected chi connectivity index (χ1v) is 9.16. The molecule has 1 N–H and O–H groups in total. The summed E-state index contributed by atoms with van der Waals surface area (Å²) in [5.41, 5.74) is 3.50. The Hall–Kier alpha value is -2.27. The Morgan fingerprint density at radius 3 is 2.76 bits per heavy atom. The summed E-state index contributed by atoms with van der Waals surface area (Å²) in [6, 6.07) is 14.8. The molecular weight excluding hydrogens is 332 g/mol. The summed E-state index contributed by atoms with van der Waals surface area (Å²) < 4.78 is 11.4. The number of fused-ring (bicyclic) bond motifs is 1. The van der Waals surface area contributed by atoms with Gasteiger partial charge in [0.25, 0.3) is 0 Å². The number of likely N-dealkylation sites (tertiary alicyclic amines) is 1. The van der Waals surface area contributed by atoms with E-state index in [9.17, 15) is 0 Å². The number of ether oxygens (including phenoxy) is 2. The van der Waals surface area contributed by atoms with E-state index in [0.717, 1.165) is 41.7 Å². The Labute approximate surface area is 153 Å². The highest BCUT2D eigenvalue weighted by Crippen LogP contribution is 2.38. The van der Waals surface area contributed by atoms with Gasteiger partial charge in [-0.25, -0.2) is 0 Å². The van der Waals surface area contributed by atoms with E-state index in [4.69, 9.17) is 21.7 Å². The normalized spacial score (nSPS) is 18.9. The minimum atomic E-state index is 0.278. The highest BCUT2D eigenvalue weighted by molar-refractivity contribution is 7.80. The molecule has 130 valence electrons. The van der Waals surface area contributed by atoms with Crippen molar-refractivity contribution < 1.29 is 9.47 Å². The summed E-state index contributed by atoms with van der Waals surface area (Å²) in [5, 5.41) is 4.20. The van der Waals surface area contributed by atoms with Crippen LogP contribution in [-0.4, -0.2) is 29.8 Å². The van der Waals surface area contributed by atoms with E-state index in [1.165, 1.54) is 11.1 Å². The van der Waals surface area contributed by atoms with Gasteiger partial charge in [-0.3, -0.25) is 0 Å². The van der Waals surface area contributed by atoms with Crippen LogP contribution in [0.5, 0.6) is 11.5 Å². The molecule has 5 heteroatoms. The van der Waals surface area contributed by atoms with Crippen molar-refractivity contribution in [2.45, 2.75) is 25.8 Å². The number of aryl methyl sites for hydroxylation is 1. The van der Waals surface area contributed by atoms with Crippen LogP contribution >= 0.6 is 12.2 Å². The Balaban J connectivity index is 1.54. The quantitative estimate of drug-likeness (QED) is 0.813. The average Bonchev–Trinajstić information content (AvgIpc) is 3.13. The first-order chi connectivity index (χ1) is 12.2. The van der Waals surface area contributed by atoms with E-state index in [0.29, 0.717) is 13.2 Å². The lowest BCUT2D eigenvalue weighted by molar-refractivity contribution is 0.171. The van der Waals surface area contributed by atoms with Crippen molar-refractivity contribution in [2.24, 2.45) is 0 Å². The second kappa shape index (κ2) is 6.92. The number of hydrogen-bond acceptors (Lipinski definition) is 3. The highest BCUT2D eigenvalue weighted by Gasteiger charge is 2.29. The number of para-hydroxylation sites is 1. The number of rotatable bonds is 2. The molecule has 0 radical (unpaired) electrons. The average molecular weight is 354 g/mol. The maximum atomic E-state index is 5.74. The fourth-order valence-electron chi connectivity index (χ4n) is 3.52. The molecule has 2 aliphatic rings. The van der Waals surface area contributed by atoms with Gasteiger partial charge in [-0.2, -0.15) is 0 Å². The summed E-state index contributed by atoms with van der Waals surface area (Å²) in [6.07, 6.45) is 2.23. The molecule has 2 aromatic carbocycles. The standard InChI is InChI=1S/C20H22N2O2S/c1-14-5-2-3-6-16(14)21-20(25)22-10-4-7-17(22)15-8-9-18-19(13-15)24-12-11-23-18/h2-3,5-6,8-9,13,17H,4,7,10-12H2,1H3,(H,21,25)/t17-/m0/s1. The third-order valence-corrected chi connectivity index (χ3v) is 5.19. The van der Waals surface area contributed by atoms with Crippen LogP contribution in [0.15, 0.2) is 42.5 Å². The minimum Gasteiger partial charge on any atom is -0.486 e. The van der Waals surface area contributed by atoms with Gasteiger partial charge in [0.1, 0.15) is 13.2 Å². The van der Waals surface area contributed by atoms with E-state index in [-0.39, 0.29) is 6.04 Å². The van der Waals surface area contributed by atoms with Crippen LogP contribution in [-0.2, 0) is 0 Å². The van der Waals surface area contributed by atoms with E-state index in [2.05, 4.69) is 41.4 Å². The van der Waals surface area contributed by atoms with Crippen LogP contribution in [0.25, 0.3) is 0 Å². The third-order valence-electron chi connectivity index (χ3n) is 4.85. The number of nitrogens with zero attached hydrogens (tertiary/aromatic N) is 1. The van der Waals surface area contributed by atoms with Crippen molar-refractivity contribution in [2.75, 3.05) is 25.1 Å². The van der Waals surface area contributed by atoms with E-state index < -0.39 is 0 Å². The van der Waals surface area contributed by atoms with Gasteiger partial charge in [0, 0.05) is 12.2 Å². The molecule has 0 unspecified atom stereocenters. The van der Waals surface area contributed by atoms with Crippen molar-refractivity contribution >= 4 is 23.0 Å². The molecule has 4 nitrogen and oxygen atoms in total. The molecule has 2 aliphatic heterocycles. The van der Waals surface area contributed by atoms with Gasteiger partial charge in [0.2, 0.25) is 0 Å². The molecular formula is C20H22N2O2S. The monoisotopic (exact) mass is 354 g/mol. The SMILES string of the molecule is Cc1ccccc1NC(=S)N1CCC[C@H]1c1ccc2c(c1)OCCO2. The molecule has 0 aromatic heterocycles.